The molecule has 1 atom stereocenters. The van der Waals surface area contributed by atoms with Crippen LogP contribution in [-0.2, 0) is 6.54 Å². The first-order chi connectivity index (χ1) is 9.54. The van der Waals surface area contributed by atoms with Crippen molar-refractivity contribution >= 4 is 15.9 Å². The van der Waals surface area contributed by atoms with E-state index in [-0.39, 0.29) is 0 Å². The number of nitrogens with one attached hydrogen (secondary N) is 1. The number of hydrogen-bond acceptors (Lipinski definition) is 2. The van der Waals surface area contributed by atoms with Crippen molar-refractivity contribution in [2.24, 2.45) is 0 Å². The highest BCUT2D eigenvalue weighted by Gasteiger charge is 2.06. The molecule has 0 bridgehead atoms. The molecule has 1 N–H and O–H groups in total. The third kappa shape index (κ3) is 4.46. The molecule has 1 aromatic heterocycles. The summed E-state index contributed by atoms with van der Waals surface area (Å²) < 4.78 is 2.95. The van der Waals surface area contributed by atoms with Crippen molar-refractivity contribution in [3.8, 4) is 0 Å². The maximum Gasteiger partial charge on any atom is 0.0659 e. The van der Waals surface area contributed by atoms with Crippen molar-refractivity contribution in [3.63, 3.8) is 0 Å². The number of halogens is 1. The topological polar surface area (TPSA) is 29.9 Å². The van der Waals surface area contributed by atoms with Crippen molar-refractivity contribution in [3.05, 3.63) is 52.3 Å². The minimum absolute atomic E-state index is 0.533. The second kappa shape index (κ2) is 7.04. The summed E-state index contributed by atoms with van der Waals surface area (Å²) in [5.74, 6) is 0.533. The number of aromatic nitrogens is 2. The zero-order valence-electron chi connectivity index (χ0n) is 12.3. The number of benzene rings is 1. The van der Waals surface area contributed by atoms with Gasteiger partial charge in [-0.05, 0) is 33.0 Å². The summed E-state index contributed by atoms with van der Waals surface area (Å²) in [6, 6.07) is 9.37. The fourth-order valence-electron chi connectivity index (χ4n) is 2.09. The van der Waals surface area contributed by atoms with Gasteiger partial charge in [-0.25, -0.2) is 0 Å². The van der Waals surface area contributed by atoms with E-state index in [4.69, 9.17) is 0 Å². The van der Waals surface area contributed by atoms with E-state index in [9.17, 15) is 0 Å². The maximum absolute atomic E-state index is 4.28. The predicted octanol–water partition coefficient (Wildman–Crippen LogP) is 3.80. The molecular weight excluding hydrogens is 314 g/mol. The zero-order chi connectivity index (χ0) is 14.5. The van der Waals surface area contributed by atoms with Crippen LogP contribution in [-0.4, -0.2) is 22.4 Å². The van der Waals surface area contributed by atoms with E-state index in [1.54, 1.807) is 0 Å². The highest BCUT2D eigenvalue weighted by atomic mass is 79.9. The van der Waals surface area contributed by atoms with Crippen molar-refractivity contribution in [1.82, 2.24) is 15.1 Å². The van der Waals surface area contributed by atoms with Gasteiger partial charge in [0.25, 0.3) is 0 Å². The average molecular weight is 336 g/mol. The minimum Gasteiger partial charge on any atom is -0.314 e. The smallest absolute Gasteiger partial charge is 0.0659 e. The number of rotatable bonds is 6. The van der Waals surface area contributed by atoms with Crippen LogP contribution in [0.25, 0.3) is 0 Å². The first-order valence-electron chi connectivity index (χ1n) is 7.05. The molecule has 1 aromatic carbocycles. The Morgan fingerprint density at radius 1 is 1.20 bits per heavy atom. The molecule has 4 heteroatoms. The van der Waals surface area contributed by atoms with Crippen LogP contribution in [0, 0.1) is 0 Å². The van der Waals surface area contributed by atoms with Crippen molar-refractivity contribution in [2.75, 3.05) is 6.54 Å². The second-order valence-corrected chi connectivity index (χ2v) is 6.48. The summed E-state index contributed by atoms with van der Waals surface area (Å²) in [5, 5.41) is 7.76. The lowest BCUT2D eigenvalue weighted by Gasteiger charge is -2.15. The molecular formula is C16H22BrN3. The molecule has 0 saturated carbocycles. The average Bonchev–Trinajstić information content (AvgIpc) is 2.82. The summed E-state index contributed by atoms with van der Waals surface area (Å²) in [6.45, 7) is 8.44. The fourth-order valence-corrected chi connectivity index (χ4v) is 2.42. The van der Waals surface area contributed by atoms with Crippen LogP contribution >= 0.6 is 15.9 Å². The predicted molar refractivity (Wildman–Crippen MR) is 87.0 cm³/mol. The van der Waals surface area contributed by atoms with Gasteiger partial charge in [0, 0.05) is 18.8 Å². The van der Waals surface area contributed by atoms with E-state index >= 15 is 0 Å². The molecule has 20 heavy (non-hydrogen) atoms. The van der Waals surface area contributed by atoms with Crippen LogP contribution in [0.5, 0.6) is 0 Å². The van der Waals surface area contributed by atoms with Gasteiger partial charge in [-0.2, -0.15) is 5.10 Å². The minimum atomic E-state index is 0.533. The Bertz CT molecular complexity index is 531. The van der Waals surface area contributed by atoms with Crippen LogP contribution in [0.1, 0.15) is 37.8 Å². The Kier molecular flexibility index (Phi) is 5.38. The van der Waals surface area contributed by atoms with Crippen LogP contribution in [0.15, 0.2) is 41.1 Å². The molecule has 108 valence electrons. The molecule has 0 spiro atoms. The van der Waals surface area contributed by atoms with E-state index in [0.717, 1.165) is 17.6 Å². The summed E-state index contributed by atoms with van der Waals surface area (Å²) in [5.41, 5.74) is 2.65. The molecule has 2 aromatic rings. The SMILES string of the molecule is CC(C)NCC(C)c1ccc(Cn2cc(Br)cn2)cc1. The first-order valence-corrected chi connectivity index (χ1v) is 7.84. The van der Waals surface area contributed by atoms with Gasteiger partial charge in [0.15, 0.2) is 0 Å². The molecule has 0 aliphatic carbocycles. The van der Waals surface area contributed by atoms with Gasteiger partial charge < -0.3 is 5.32 Å². The lowest BCUT2D eigenvalue weighted by Crippen LogP contribution is -2.26. The highest BCUT2D eigenvalue weighted by Crippen LogP contribution is 2.16. The van der Waals surface area contributed by atoms with Crippen LogP contribution < -0.4 is 5.32 Å². The molecule has 1 heterocycles. The van der Waals surface area contributed by atoms with Gasteiger partial charge >= 0.3 is 0 Å². The van der Waals surface area contributed by atoms with Gasteiger partial charge in [0.2, 0.25) is 0 Å². The molecule has 0 radical (unpaired) electrons. The number of hydrogen-bond donors (Lipinski definition) is 1. The summed E-state index contributed by atoms with van der Waals surface area (Å²) in [4.78, 5) is 0. The Morgan fingerprint density at radius 2 is 1.90 bits per heavy atom. The Balaban J connectivity index is 1.95. The third-order valence-electron chi connectivity index (χ3n) is 3.33. The monoisotopic (exact) mass is 335 g/mol. The summed E-state index contributed by atoms with van der Waals surface area (Å²) in [7, 11) is 0. The standard InChI is InChI=1S/C16H22BrN3/c1-12(2)18-8-13(3)15-6-4-14(5-7-15)10-20-11-16(17)9-19-20/h4-7,9,11-13,18H,8,10H2,1-3H3. The Hall–Kier alpha value is -1.13. The van der Waals surface area contributed by atoms with Gasteiger partial charge in [-0.3, -0.25) is 4.68 Å². The highest BCUT2D eigenvalue weighted by molar-refractivity contribution is 9.10. The first kappa shape index (κ1) is 15.3. The van der Waals surface area contributed by atoms with Crippen LogP contribution in [0.4, 0.5) is 0 Å². The lowest BCUT2D eigenvalue weighted by molar-refractivity contribution is 0.548. The van der Waals surface area contributed by atoms with E-state index in [2.05, 4.69) is 71.4 Å². The quantitative estimate of drug-likeness (QED) is 0.870. The Morgan fingerprint density at radius 3 is 2.45 bits per heavy atom. The summed E-state index contributed by atoms with van der Waals surface area (Å²) in [6.07, 6.45) is 3.80. The normalized spacial score (nSPS) is 12.8. The molecule has 0 aliphatic heterocycles. The zero-order valence-corrected chi connectivity index (χ0v) is 13.9. The number of nitrogens with zero attached hydrogens (tertiary/aromatic N) is 2. The van der Waals surface area contributed by atoms with E-state index < -0.39 is 0 Å². The van der Waals surface area contributed by atoms with Crippen molar-refractivity contribution in [2.45, 2.75) is 39.3 Å². The molecule has 0 saturated heterocycles. The third-order valence-corrected chi connectivity index (χ3v) is 3.74. The van der Waals surface area contributed by atoms with E-state index in [1.165, 1.54) is 11.1 Å². The Labute approximate surface area is 129 Å². The van der Waals surface area contributed by atoms with E-state index in [0.29, 0.717) is 12.0 Å². The molecule has 0 amide bonds. The van der Waals surface area contributed by atoms with Gasteiger partial charge in [0.05, 0.1) is 17.2 Å². The second-order valence-electron chi connectivity index (χ2n) is 5.56. The van der Waals surface area contributed by atoms with Gasteiger partial charge in [-0.1, -0.05) is 45.0 Å². The van der Waals surface area contributed by atoms with Gasteiger partial charge in [-0.15, -0.1) is 0 Å². The largest absolute Gasteiger partial charge is 0.314 e. The molecule has 2 rings (SSSR count). The van der Waals surface area contributed by atoms with Crippen molar-refractivity contribution in [1.29, 1.82) is 0 Å². The van der Waals surface area contributed by atoms with Crippen LogP contribution in [0.2, 0.25) is 0 Å². The molecule has 1 unspecified atom stereocenters. The van der Waals surface area contributed by atoms with Crippen LogP contribution in [0.3, 0.4) is 0 Å². The van der Waals surface area contributed by atoms with Gasteiger partial charge in [0.1, 0.15) is 0 Å². The lowest BCUT2D eigenvalue weighted by atomic mass is 9.99. The van der Waals surface area contributed by atoms with E-state index in [1.807, 2.05) is 17.1 Å². The molecule has 0 fully saturated rings. The van der Waals surface area contributed by atoms with Crippen molar-refractivity contribution < 1.29 is 0 Å². The maximum atomic E-state index is 4.28. The summed E-state index contributed by atoms with van der Waals surface area (Å²) >= 11 is 3.41. The molecule has 0 aliphatic rings. The molecule has 3 nitrogen and oxygen atoms in total. The fraction of sp³-hybridized carbons (Fsp3) is 0.438.